The van der Waals surface area contributed by atoms with Gasteiger partial charge in [-0.2, -0.15) is 0 Å². The van der Waals surface area contributed by atoms with Crippen LogP contribution < -0.4 is 5.32 Å². The third-order valence-corrected chi connectivity index (χ3v) is 3.88. The molecule has 1 N–H and O–H groups in total. The normalized spacial score (nSPS) is 27.6. The molecule has 2 atom stereocenters. The van der Waals surface area contributed by atoms with Crippen LogP contribution in [0.4, 0.5) is 4.39 Å². The lowest BCUT2D eigenvalue weighted by atomic mass is 10.2. The Bertz CT molecular complexity index is 308. The van der Waals surface area contributed by atoms with Crippen LogP contribution in [0.2, 0.25) is 0 Å². The topological polar surface area (TPSA) is 12.0 Å². The summed E-state index contributed by atoms with van der Waals surface area (Å²) in [6, 6.07) is 6.84. The third-order valence-electron chi connectivity index (χ3n) is 2.35. The van der Waals surface area contributed by atoms with E-state index in [1.165, 1.54) is 6.07 Å². The van der Waals surface area contributed by atoms with Gasteiger partial charge in [0, 0.05) is 0 Å². The first kappa shape index (κ1) is 9.99. The highest BCUT2D eigenvalue weighted by atomic mass is 32.2. The fourth-order valence-corrected chi connectivity index (χ4v) is 2.76. The van der Waals surface area contributed by atoms with Crippen LogP contribution >= 0.6 is 11.8 Å². The standard InChI is InChI=1S/C11H14FNS/c1-8-6-13-11(14-7-8)9-3-2-4-10(12)5-9/h2-5,8,11,13H,6-7H2,1H3. The van der Waals surface area contributed by atoms with E-state index >= 15 is 0 Å². The van der Waals surface area contributed by atoms with Gasteiger partial charge in [-0.1, -0.05) is 19.1 Å². The number of benzene rings is 1. The van der Waals surface area contributed by atoms with E-state index in [1.807, 2.05) is 17.8 Å². The van der Waals surface area contributed by atoms with Crippen molar-refractivity contribution < 1.29 is 4.39 Å². The molecule has 1 aromatic rings. The summed E-state index contributed by atoms with van der Waals surface area (Å²) >= 11 is 1.86. The number of rotatable bonds is 1. The average Bonchev–Trinajstić information content (AvgIpc) is 2.19. The molecule has 3 heteroatoms. The summed E-state index contributed by atoms with van der Waals surface area (Å²) < 4.78 is 13.0. The third kappa shape index (κ3) is 2.28. The molecule has 1 fully saturated rings. The van der Waals surface area contributed by atoms with Crippen molar-refractivity contribution in [1.82, 2.24) is 5.32 Å². The van der Waals surface area contributed by atoms with Gasteiger partial charge in [-0.25, -0.2) is 4.39 Å². The molecule has 2 unspecified atom stereocenters. The molecule has 0 bridgehead atoms. The Labute approximate surface area is 88.1 Å². The fourth-order valence-electron chi connectivity index (χ4n) is 1.57. The molecule has 1 aromatic carbocycles. The minimum absolute atomic E-state index is 0.150. The molecule has 1 aliphatic rings. The average molecular weight is 211 g/mol. The largest absolute Gasteiger partial charge is 0.301 e. The van der Waals surface area contributed by atoms with E-state index in [0.29, 0.717) is 5.92 Å². The number of thioether (sulfide) groups is 1. The second-order valence-corrected chi connectivity index (χ2v) is 4.92. The Morgan fingerprint density at radius 3 is 3.00 bits per heavy atom. The molecular weight excluding hydrogens is 197 g/mol. The fraction of sp³-hybridized carbons (Fsp3) is 0.455. The molecule has 1 saturated heterocycles. The predicted molar refractivity (Wildman–Crippen MR) is 58.8 cm³/mol. The zero-order valence-electron chi connectivity index (χ0n) is 8.16. The van der Waals surface area contributed by atoms with Gasteiger partial charge in [-0.3, -0.25) is 0 Å². The first-order valence-corrected chi connectivity index (χ1v) is 5.91. The van der Waals surface area contributed by atoms with E-state index in [2.05, 4.69) is 12.2 Å². The SMILES string of the molecule is CC1CNC(c2cccc(F)c2)SC1. The molecule has 1 nitrogen and oxygen atoms in total. The van der Waals surface area contributed by atoms with Crippen LogP contribution in [0.1, 0.15) is 17.9 Å². The highest BCUT2D eigenvalue weighted by Gasteiger charge is 2.19. The van der Waals surface area contributed by atoms with Gasteiger partial charge in [0.2, 0.25) is 0 Å². The van der Waals surface area contributed by atoms with E-state index in [1.54, 1.807) is 12.1 Å². The zero-order chi connectivity index (χ0) is 9.97. The maximum atomic E-state index is 13.0. The molecule has 0 spiro atoms. The van der Waals surface area contributed by atoms with Crippen molar-refractivity contribution in [3.05, 3.63) is 35.6 Å². The van der Waals surface area contributed by atoms with Crippen LogP contribution in [-0.4, -0.2) is 12.3 Å². The monoisotopic (exact) mass is 211 g/mol. The minimum Gasteiger partial charge on any atom is -0.301 e. The number of hydrogen-bond acceptors (Lipinski definition) is 2. The first-order chi connectivity index (χ1) is 6.75. The zero-order valence-corrected chi connectivity index (χ0v) is 8.98. The Hall–Kier alpha value is -0.540. The highest BCUT2D eigenvalue weighted by molar-refractivity contribution is 7.99. The molecule has 0 aromatic heterocycles. The van der Waals surface area contributed by atoms with E-state index < -0.39 is 0 Å². The molecule has 0 amide bonds. The lowest BCUT2D eigenvalue weighted by molar-refractivity contribution is 0.527. The van der Waals surface area contributed by atoms with Crippen LogP contribution in [0.25, 0.3) is 0 Å². The van der Waals surface area contributed by atoms with Crippen LogP contribution in [0.3, 0.4) is 0 Å². The van der Waals surface area contributed by atoms with Crippen molar-refractivity contribution in [1.29, 1.82) is 0 Å². The van der Waals surface area contributed by atoms with E-state index in [0.717, 1.165) is 17.9 Å². The van der Waals surface area contributed by atoms with Crippen molar-refractivity contribution in [3.8, 4) is 0 Å². The van der Waals surface area contributed by atoms with Gasteiger partial charge in [0.1, 0.15) is 5.82 Å². The Morgan fingerprint density at radius 2 is 2.36 bits per heavy atom. The van der Waals surface area contributed by atoms with Gasteiger partial charge in [0.05, 0.1) is 5.37 Å². The van der Waals surface area contributed by atoms with Crippen LogP contribution in [0.5, 0.6) is 0 Å². The van der Waals surface area contributed by atoms with Gasteiger partial charge in [-0.15, -0.1) is 11.8 Å². The summed E-state index contributed by atoms with van der Waals surface area (Å²) in [4.78, 5) is 0. The summed E-state index contributed by atoms with van der Waals surface area (Å²) in [6.07, 6.45) is 0. The molecule has 0 saturated carbocycles. The lowest BCUT2D eigenvalue weighted by Crippen LogP contribution is -2.31. The second-order valence-electron chi connectivity index (χ2n) is 3.78. The summed E-state index contributed by atoms with van der Waals surface area (Å²) in [5, 5.41) is 3.67. The smallest absolute Gasteiger partial charge is 0.123 e. The lowest BCUT2D eigenvalue weighted by Gasteiger charge is -2.27. The Balaban J connectivity index is 2.08. The van der Waals surface area contributed by atoms with Crippen molar-refractivity contribution in [2.24, 2.45) is 5.92 Å². The van der Waals surface area contributed by atoms with E-state index in [-0.39, 0.29) is 11.2 Å². The molecule has 14 heavy (non-hydrogen) atoms. The molecule has 0 aliphatic carbocycles. The van der Waals surface area contributed by atoms with Gasteiger partial charge in [-0.05, 0) is 35.9 Å². The maximum Gasteiger partial charge on any atom is 0.123 e. The first-order valence-electron chi connectivity index (χ1n) is 4.86. The summed E-state index contributed by atoms with van der Waals surface area (Å²) in [5.41, 5.74) is 1.04. The predicted octanol–water partition coefficient (Wildman–Crippen LogP) is 2.80. The second kappa shape index (κ2) is 4.32. The quantitative estimate of drug-likeness (QED) is 0.766. The number of halogens is 1. The van der Waals surface area contributed by atoms with Crippen molar-refractivity contribution in [2.75, 3.05) is 12.3 Å². The van der Waals surface area contributed by atoms with E-state index in [4.69, 9.17) is 0 Å². The molecule has 2 rings (SSSR count). The van der Waals surface area contributed by atoms with Crippen molar-refractivity contribution in [2.45, 2.75) is 12.3 Å². The highest BCUT2D eigenvalue weighted by Crippen LogP contribution is 2.31. The van der Waals surface area contributed by atoms with Crippen LogP contribution in [-0.2, 0) is 0 Å². The molecular formula is C11H14FNS. The van der Waals surface area contributed by atoms with Crippen molar-refractivity contribution in [3.63, 3.8) is 0 Å². The molecule has 0 radical (unpaired) electrons. The van der Waals surface area contributed by atoms with Gasteiger partial charge in [0.25, 0.3) is 0 Å². The van der Waals surface area contributed by atoms with Crippen LogP contribution in [0, 0.1) is 11.7 Å². The molecule has 1 aliphatic heterocycles. The van der Waals surface area contributed by atoms with Gasteiger partial charge < -0.3 is 5.32 Å². The minimum atomic E-state index is -0.150. The van der Waals surface area contributed by atoms with Crippen LogP contribution in [0.15, 0.2) is 24.3 Å². The van der Waals surface area contributed by atoms with Gasteiger partial charge in [0.15, 0.2) is 0 Å². The Morgan fingerprint density at radius 1 is 1.50 bits per heavy atom. The Kier molecular flexibility index (Phi) is 3.08. The number of nitrogens with one attached hydrogen (secondary N) is 1. The van der Waals surface area contributed by atoms with E-state index in [9.17, 15) is 4.39 Å². The van der Waals surface area contributed by atoms with Gasteiger partial charge >= 0.3 is 0 Å². The number of hydrogen-bond donors (Lipinski definition) is 1. The summed E-state index contributed by atoms with van der Waals surface area (Å²) in [7, 11) is 0. The summed E-state index contributed by atoms with van der Waals surface area (Å²) in [6.45, 7) is 3.25. The molecule has 1 heterocycles. The maximum absolute atomic E-state index is 13.0. The van der Waals surface area contributed by atoms with Crippen molar-refractivity contribution >= 4 is 11.8 Å². The molecule has 76 valence electrons. The summed E-state index contributed by atoms with van der Waals surface area (Å²) in [5.74, 6) is 1.71.